The molecule has 1 aliphatic carbocycles. The lowest BCUT2D eigenvalue weighted by Gasteiger charge is -2.21. The lowest BCUT2D eigenvalue weighted by atomic mass is 9.89. The van der Waals surface area contributed by atoms with E-state index in [1.54, 1.807) is 0 Å². The minimum atomic E-state index is -0.179. The maximum Gasteiger partial charge on any atom is 0.315 e. The fourth-order valence-electron chi connectivity index (χ4n) is 2.83. The number of rotatable bonds is 5. The van der Waals surface area contributed by atoms with Crippen molar-refractivity contribution >= 4 is 6.03 Å². The van der Waals surface area contributed by atoms with Crippen LogP contribution in [0.1, 0.15) is 55.8 Å². The summed E-state index contributed by atoms with van der Waals surface area (Å²) in [6.07, 6.45) is 5.44. The summed E-state index contributed by atoms with van der Waals surface area (Å²) in [6.45, 7) is 3.97. The van der Waals surface area contributed by atoms with Gasteiger partial charge in [-0.15, -0.1) is 0 Å². The molecule has 0 aromatic heterocycles. The molecule has 0 saturated carbocycles. The van der Waals surface area contributed by atoms with Crippen molar-refractivity contribution in [2.75, 3.05) is 6.61 Å². The largest absolute Gasteiger partial charge is 0.396 e. The standard InChI is InChI=1S/C17H26N2O2/c1-12(9-10-20)18-17(21)19-13(2)15-8-7-14-5-3-4-6-16(14)11-15/h7-8,11-13,20H,3-6,9-10H2,1-2H3,(H2,18,19,21)/t12-,13?/m1/s1. The van der Waals surface area contributed by atoms with Crippen LogP contribution in [0.15, 0.2) is 18.2 Å². The van der Waals surface area contributed by atoms with Crippen molar-refractivity contribution in [2.24, 2.45) is 0 Å². The lowest BCUT2D eigenvalue weighted by Crippen LogP contribution is -2.42. The maximum atomic E-state index is 11.9. The molecule has 116 valence electrons. The summed E-state index contributed by atoms with van der Waals surface area (Å²) in [5.74, 6) is 0. The number of benzene rings is 1. The summed E-state index contributed by atoms with van der Waals surface area (Å²) >= 11 is 0. The van der Waals surface area contributed by atoms with Crippen LogP contribution in [0, 0.1) is 0 Å². The third-order valence-corrected chi connectivity index (χ3v) is 4.16. The van der Waals surface area contributed by atoms with E-state index in [4.69, 9.17) is 5.11 Å². The van der Waals surface area contributed by atoms with Gasteiger partial charge in [-0.3, -0.25) is 0 Å². The lowest BCUT2D eigenvalue weighted by molar-refractivity contribution is 0.228. The topological polar surface area (TPSA) is 61.4 Å². The molecule has 2 rings (SSSR count). The molecular weight excluding hydrogens is 264 g/mol. The van der Waals surface area contributed by atoms with Crippen LogP contribution < -0.4 is 10.6 Å². The smallest absolute Gasteiger partial charge is 0.315 e. The van der Waals surface area contributed by atoms with Crippen LogP contribution in [0.4, 0.5) is 4.79 Å². The zero-order chi connectivity index (χ0) is 15.2. The predicted molar refractivity (Wildman–Crippen MR) is 84.3 cm³/mol. The first-order valence-electron chi connectivity index (χ1n) is 7.89. The van der Waals surface area contributed by atoms with Crippen LogP contribution in [0.5, 0.6) is 0 Å². The van der Waals surface area contributed by atoms with E-state index in [9.17, 15) is 4.79 Å². The zero-order valence-electron chi connectivity index (χ0n) is 13.0. The fourth-order valence-corrected chi connectivity index (χ4v) is 2.83. The zero-order valence-corrected chi connectivity index (χ0v) is 13.0. The molecule has 0 heterocycles. The van der Waals surface area contributed by atoms with E-state index in [-0.39, 0.29) is 24.7 Å². The highest BCUT2D eigenvalue weighted by molar-refractivity contribution is 5.74. The van der Waals surface area contributed by atoms with Crippen LogP contribution in [0.25, 0.3) is 0 Å². The number of fused-ring (bicyclic) bond motifs is 1. The second-order valence-electron chi connectivity index (χ2n) is 5.99. The highest BCUT2D eigenvalue weighted by atomic mass is 16.3. The molecule has 0 aliphatic heterocycles. The van der Waals surface area contributed by atoms with Crippen molar-refractivity contribution in [1.82, 2.24) is 10.6 Å². The number of urea groups is 1. The van der Waals surface area contributed by atoms with Crippen LogP contribution in [0.2, 0.25) is 0 Å². The van der Waals surface area contributed by atoms with E-state index in [1.165, 1.54) is 30.4 Å². The molecule has 1 unspecified atom stereocenters. The Morgan fingerprint density at radius 1 is 1.19 bits per heavy atom. The number of aliphatic hydroxyl groups excluding tert-OH is 1. The number of nitrogens with one attached hydrogen (secondary N) is 2. The predicted octanol–water partition coefficient (Wildman–Crippen LogP) is 2.70. The van der Waals surface area contributed by atoms with Crippen molar-refractivity contribution in [1.29, 1.82) is 0 Å². The average Bonchev–Trinajstić information content (AvgIpc) is 2.46. The Bertz CT molecular complexity index is 488. The van der Waals surface area contributed by atoms with Crippen LogP contribution in [-0.2, 0) is 12.8 Å². The third kappa shape index (κ3) is 4.46. The van der Waals surface area contributed by atoms with Crippen LogP contribution in [-0.4, -0.2) is 23.8 Å². The first kappa shape index (κ1) is 15.8. The molecule has 2 atom stereocenters. The second kappa shape index (κ2) is 7.46. The number of amides is 2. The van der Waals surface area contributed by atoms with Gasteiger partial charge in [-0.2, -0.15) is 0 Å². The summed E-state index contributed by atoms with van der Waals surface area (Å²) < 4.78 is 0. The molecule has 4 heteroatoms. The highest BCUT2D eigenvalue weighted by Crippen LogP contribution is 2.24. The Hall–Kier alpha value is -1.55. The van der Waals surface area contributed by atoms with Gasteiger partial charge in [-0.1, -0.05) is 18.2 Å². The molecule has 2 amide bonds. The average molecular weight is 290 g/mol. The first-order valence-corrected chi connectivity index (χ1v) is 7.89. The van der Waals surface area contributed by atoms with Gasteiger partial charge in [0, 0.05) is 12.6 Å². The van der Waals surface area contributed by atoms with E-state index in [0.717, 1.165) is 12.0 Å². The Kier molecular flexibility index (Phi) is 5.62. The maximum absolute atomic E-state index is 11.9. The van der Waals surface area contributed by atoms with Crippen molar-refractivity contribution < 1.29 is 9.90 Å². The molecule has 21 heavy (non-hydrogen) atoms. The molecule has 0 bridgehead atoms. The van der Waals surface area contributed by atoms with Gasteiger partial charge in [-0.05, 0) is 62.6 Å². The first-order chi connectivity index (χ1) is 10.1. The molecule has 0 fully saturated rings. The molecule has 1 aromatic carbocycles. The van der Waals surface area contributed by atoms with E-state index in [0.29, 0.717) is 6.42 Å². The minimum absolute atomic E-state index is 0.0152. The number of carbonyl (C=O) groups excluding carboxylic acids is 1. The molecule has 1 aromatic rings. The Labute approximate surface area is 126 Å². The highest BCUT2D eigenvalue weighted by Gasteiger charge is 2.14. The Morgan fingerprint density at radius 2 is 1.90 bits per heavy atom. The van der Waals surface area contributed by atoms with Gasteiger partial charge in [0.15, 0.2) is 0 Å². The molecule has 0 saturated heterocycles. The monoisotopic (exact) mass is 290 g/mol. The molecule has 0 spiro atoms. The SMILES string of the molecule is CC(NC(=O)N[C@H](C)CCO)c1ccc2c(c1)CCCC2. The van der Waals surface area contributed by atoms with E-state index >= 15 is 0 Å². The van der Waals surface area contributed by atoms with Crippen molar-refractivity contribution in [3.05, 3.63) is 34.9 Å². The normalized spacial score (nSPS) is 16.7. The second-order valence-corrected chi connectivity index (χ2v) is 5.99. The van der Waals surface area contributed by atoms with Gasteiger partial charge in [0.1, 0.15) is 0 Å². The van der Waals surface area contributed by atoms with Gasteiger partial charge in [0.05, 0.1) is 6.04 Å². The quantitative estimate of drug-likeness (QED) is 0.781. The number of carbonyl (C=O) groups is 1. The summed E-state index contributed by atoms with van der Waals surface area (Å²) in [4.78, 5) is 11.9. The van der Waals surface area contributed by atoms with Gasteiger partial charge >= 0.3 is 6.03 Å². The minimum Gasteiger partial charge on any atom is -0.396 e. The summed E-state index contributed by atoms with van der Waals surface area (Å²) in [5.41, 5.74) is 4.04. The van der Waals surface area contributed by atoms with Crippen LogP contribution in [0.3, 0.4) is 0 Å². The number of aryl methyl sites for hydroxylation is 2. The van der Waals surface area contributed by atoms with Gasteiger partial charge in [-0.25, -0.2) is 4.79 Å². The Balaban J connectivity index is 1.93. The molecule has 4 nitrogen and oxygen atoms in total. The number of aliphatic hydroxyl groups is 1. The van der Waals surface area contributed by atoms with Gasteiger partial charge < -0.3 is 15.7 Å². The molecule has 1 aliphatic rings. The van der Waals surface area contributed by atoms with E-state index in [2.05, 4.69) is 28.8 Å². The molecule has 0 radical (unpaired) electrons. The van der Waals surface area contributed by atoms with Crippen LogP contribution >= 0.6 is 0 Å². The van der Waals surface area contributed by atoms with E-state index in [1.807, 2.05) is 13.8 Å². The molecule has 3 N–H and O–H groups in total. The molecular formula is C17H26N2O2. The number of hydrogen-bond acceptors (Lipinski definition) is 2. The summed E-state index contributed by atoms with van der Waals surface area (Å²) in [5, 5.41) is 14.6. The summed E-state index contributed by atoms with van der Waals surface area (Å²) in [7, 11) is 0. The Morgan fingerprint density at radius 3 is 2.62 bits per heavy atom. The van der Waals surface area contributed by atoms with Crippen molar-refractivity contribution in [3.63, 3.8) is 0 Å². The van der Waals surface area contributed by atoms with E-state index < -0.39 is 0 Å². The van der Waals surface area contributed by atoms with Crippen molar-refractivity contribution in [2.45, 2.75) is 58.0 Å². The van der Waals surface area contributed by atoms with Gasteiger partial charge in [0.25, 0.3) is 0 Å². The third-order valence-electron chi connectivity index (χ3n) is 4.16. The van der Waals surface area contributed by atoms with Crippen molar-refractivity contribution in [3.8, 4) is 0 Å². The van der Waals surface area contributed by atoms with Gasteiger partial charge in [0.2, 0.25) is 0 Å². The fraction of sp³-hybridized carbons (Fsp3) is 0.588. The number of hydrogen-bond donors (Lipinski definition) is 3. The summed E-state index contributed by atoms with van der Waals surface area (Å²) in [6, 6.07) is 6.34.